The first-order valence-electron chi connectivity index (χ1n) is 6.04. The number of carbonyl (C=O) groups is 1. The van der Waals surface area contributed by atoms with E-state index in [9.17, 15) is 4.79 Å². The zero-order valence-corrected chi connectivity index (χ0v) is 11.0. The number of anilines is 1. The van der Waals surface area contributed by atoms with Crippen molar-refractivity contribution < 1.29 is 9.53 Å². The lowest BCUT2D eigenvalue weighted by molar-refractivity contribution is 0.0600. The van der Waals surface area contributed by atoms with Crippen LogP contribution >= 0.6 is 0 Å². The highest BCUT2D eigenvalue weighted by atomic mass is 16.5. The van der Waals surface area contributed by atoms with E-state index < -0.39 is 0 Å². The van der Waals surface area contributed by atoms with Crippen LogP contribution in [0.5, 0.6) is 0 Å². The molecular weight excluding hydrogens is 214 g/mol. The van der Waals surface area contributed by atoms with Gasteiger partial charge in [-0.3, -0.25) is 0 Å². The van der Waals surface area contributed by atoms with Crippen LogP contribution in [0.3, 0.4) is 0 Å². The standard InChI is InChI=1S/C14H21NO2/c1-5-6-11(3)15-13-8-7-12(9-10(13)2)14(16)17-4/h7-9,11,15H,5-6H2,1-4H3. The van der Waals surface area contributed by atoms with Crippen LogP contribution in [0.2, 0.25) is 0 Å². The number of hydrogen-bond acceptors (Lipinski definition) is 3. The maximum Gasteiger partial charge on any atom is 0.337 e. The Hall–Kier alpha value is -1.51. The largest absolute Gasteiger partial charge is 0.465 e. The van der Waals surface area contributed by atoms with Gasteiger partial charge in [0.2, 0.25) is 0 Å². The third-order valence-electron chi connectivity index (χ3n) is 2.77. The molecule has 3 heteroatoms. The average Bonchev–Trinajstić information content (AvgIpc) is 2.31. The van der Waals surface area contributed by atoms with Gasteiger partial charge in [0, 0.05) is 11.7 Å². The molecule has 0 saturated carbocycles. The lowest BCUT2D eigenvalue weighted by Gasteiger charge is -2.16. The summed E-state index contributed by atoms with van der Waals surface area (Å²) >= 11 is 0. The second kappa shape index (κ2) is 6.28. The quantitative estimate of drug-likeness (QED) is 0.795. The zero-order chi connectivity index (χ0) is 12.8. The van der Waals surface area contributed by atoms with Crippen molar-refractivity contribution in [3.63, 3.8) is 0 Å². The van der Waals surface area contributed by atoms with Crippen LogP contribution in [0.25, 0.3) is 0 Å². The fourth-order valence-corrected chi connectivity index (χ4v) is 1.84. The Balaban J connectivity index is 2.79. The van der Waals surface area contributed by atoms with E-state index in [1.54, 1.807) is 6.07 Å². The maximum atomic E-state index is 11.4. The van der Waals surface area contributed by atoms with Crippen LogP contribution in [0.4, 0.5) is 5.69 Å². The first-order chi connectivity index (χ1) is 8.08. The summed E-state index contributed by atoms with van der Waals surface area (Å²) in [6.07, 6.45) is 2.30. The number of benzene rings is 1. The second-order valence-corrected chi connectivity index (χ2v) is 4.36. The molecule has 94 valence electrons. The van der Waals surface area contributed by atoms with Gasteiger partial charge in [-0.25, -0.2) is 4.79 Å². The zero-order valence-electron chi connectivity index (χ0n) is 11.0. The highest BCUT2D eigenvalue weighted by molar-refractivity contribution is 5.90. The van der Waals surface area contributed by atoms with E-state index in [4.69, 9.17) is 4.74 Å². The van der Waals surface area contributed by atoms with E-state index in [1.807, 2.05) is 19.1 Å². The normalized spacial score (nSPS) is 12.0. The van der Waals surface area contributed by atoms with Gasteiger partial charge in [-0.1, -0.05) is 13.3 Å². The van der Waals surface area contributed by atoms with Crippen molar-refractivity contribution >= 4 is 11.7 Å². The van der Waals surface area contributed by atoms with E-state index in [2.05, 4.69) is 19.2 Å². The first-order valence-corrected chi connectivity index (χ1v) is 6.04. The lowest BCUT2D eigenvalue weighted by Crippen LogP contribution is -2.15. The SMILES string of the molecule is CCCC(C)Nc1ccc(C(=O)OC)cc1C. The Morgan fingerprint density at radius 3 is 2.71 bits per heavy atom. The van der Waals surface area contributed by atoms with E-state index >= 15 is 0 Å². The first kappa shape index (κ1) is 13.6. The molecule has 0 radical (unpaired) electrons. The molecule has 1 rings (SSSR count). The third-order valence-corrected chi connectivity index (χ3v) is 2.77. The second-order valence-electron chi connectivity index (χ2n) is 4.36. The van der Waals surface area contributed by atoms with E-state index in [0.717, 1.165) is 24.1 Å². The van der Waals surface area contributed by atoms with Crippen LogP contribution in [-0.4, -0.2) is 19.1 Å². The van der Waals surface area contributed by atoms with Gasteiger partial charge in [0.25, 0.3) is 0 Å². The van der Waals surface area contributed by atoms with Crippen LogP contribution in [0.1, 0.15) is 42.6 Å². The molecule has 0 aliphatic carbocycles. The molecule has 0 spiro atoms. The molecule has 0 heterocycles. The van der Waals surface area contributed by atoms with Crippen molar-refractivity contribution in [2.75, 3.05) is 12.4 Å². The summed E-state index contributed by atoms with van der Waals surface area (Å²) in [5, 5.41) is 3.44. The Morgan fingerprint density at radius 2 is 2.18 bits per heavy atom. The predicted molar refractivity (Wildman–Crippen MR) is 70.5 cm³/mol. The molecule has 1 unspecified atom stereocenters. The minimum Gasteiger partial charge on any atom is -0.465 e. The Kier molecular flexibility index (Phi) is 5.01. The van der Waals surface area contributed by atoms with E-state index in [1.165, 1.54) is 7.11 Å². The van der Waals surface area contributed by atoms with Crippen LogP contribution < -0.4 is 5.32 Å². The molecule has 3 nitrogen and oxygen atoms in total. The van der Waals surface area contributed by atoms with Gasteiger partial charge in [-0.05, 0) is 44.0 Å². The summed E-state index contributed by atoms with van der Waals surface area (Å²) in [4.78, 5) is 11.4. The summed E-state index contributed by atoms with van der Waals surface area (Å²) in [6.45, 7) is 6.33. The monoisotopic (exact) mass is 235 g/mol. The summed E-state index contributed by atoms with van der Waals surface area (Å²) in [6, 6.07) is 6.03. The molecule has 0 aliphatic rings. The molecule has 17 heavy (non-hydrogen) atoms. The number of ether oxygens (including phenoxy) is 1. The van der Waals surface area contributed by atoms with Gasteiger partial charge in [-0.2, -0.15) is 0 Å². The molecule has 0 bridgehead atoms. The maximum absolute atomic E-state index is 11.4. The van der Waals surface area contributed by atoms with Crippen LogP contribution in [0.15, 0.2) is 18.2 Å². The van der Waals surface area contributed by atoms with Crippen molar-refractivity contribution in [2.24, 2.45) is 0 Å². The summed E-state index contributed by atoms with van der Waals surface area (Å²) in [5.41, 5.74) is 2.74. The minimum atomic E-state index is -0.291. The minimum absolute atomic E-state index is 0.291. The van der Waals surface area contributed by atoms with Crippen molar-refractivity contribution in [3.8, 4) is 0 Å². The van der Waals surface area contributed by atoms with Crippen molar-refractivity contribution in [1.29, 1.82) is 0 Å². The van der Waals surface area contributed by atoms with Gasteiger partial charge in [0.15, 0.2) is 0 Å². The number of nitrogens with one attached hydrogen (secondary N) is 1. The fourth-order valence-electron chi connectivity index (χ4n) is 1.84. The summed E-state index contributed by atoms with van der Waals surface area (Å²) in [7, 11) is 1.40. The number of hydrogen-bond donors (Lipinski definition) is 1. The van der Waals surface area contributed by atoms with E-state index in [-0.39, 0.29) is 5.97 Å². The Morgan fingerprint density at radius 1 is 1.47 bits per heavy atom. The molecule has 1 N–H and O–H groups in total. The van der Waals surface area contributed by atoms with Crippen LogP contribution in [0, 0.1) is 6.92 Å². The number of esters is 1. The number of rotatable bonds is 5. The smallest absolute Gasteiger partial charge is 0.337 e. The topological polar surface area (TPSA) is 38.3 Å². The number of aryl methyl sites for hydroxylation is 1. The Bertz CT molecular complexity index is 388. The summed E-state index contributed by atoms with van der Waals surface area (Å²) in [5.74, 6) is -0.291. The molecular formula is C14H21NO2. The van der Waals surface area contributed by atoms with Gasteiger partial charge in [-0.15, -0.1) is 0 Å². The number of methoxy groups -OCH3 is 1. The number of carbonyl (C=O) groups excluding carboxylic acids is 1. The molecule has 0 aliphatic heterocycles. The van der Waals surface area contributed by atoms with Crippen LogP contribution in [-0.2, 0) is 4.74 Å². The van der Waals surface area contributed by atoms with Gasteiger partial charge >= 0.3 is 5.97 Å². The van der Waals surface area contributed by atoms with Crippen molar-refractivity contribution in [1.82, 2.24) is 0 Å². The molecule has 1 aromatic carbocycles. The summed E-state index contributed by atoms with van der Waals surface area (Å²) < 4.78 is 4.69. The van der Waals surface area contributed by atoms with Gasteiger partial charge in [0.05, 0.1) is 12.7 Å². The Labute approximate surface area is 103 Å². The molecule has 0 amide bonds. The molecule has 0 saturated heterocycles. The van der Waals surface area contributed by atoms with Gasteiger partial charge in [0.1, 0.15) is 0 Å². The highest BCUT2D eigenvalue weighted by Gasteiger charge is 2.08. The highest BCUT2D eigenvalue weighted by Crippen LogP contribution is 2.18. The van der Waals surface area contributed by atoms with Crippen molar-refractivity contribution in [3.05, 3.63) is 29.3 Å². The molecule has 0 aromatic heterocycles. The molecule has 1 atom stereocenters. The van der Waals surface area contributed by atoms with E-state index in [0.29, 0.717) is 11.6 Å². The predicted octanol–water partition coefficient (Wildman–Crippen LogP) is 3.38. The van der Waals surface area contributed by atoms with Crippen molar-refractivity contribution in [2.45, 2.75) is 39.7 Å². The fraction of sp³-hybridized carbons (Fsp3) is 0.500. The molecule has 0 fully saturated rings. The average molecular weight is 235 g/mol. The third kappa shape index (κ3) is 3.77. The lowest BCUT2D eigenvalue weighted by atomic mass is 10.1. The molecule has 1 aromatic rings. The van der Waals surface area contributed by atoms with Gasteiger partial charge < -0.3 is 10.1 Å².